The predicted octanol–water partition coefficient (Wildman–Crippen LogP) is 3.06. The molecule has 0 saturated heterocycles. The van der Waals surface area contributed by atoms with E-state index in [1.807, 2.05) is 6.92 Å². The lowest BCUT2D eigenvalue weighted by molar-refractivity contribution is -0.120. The van der Waals surface area contributed by atoms with Crippen LogP contribution in [0.5, 0.6) is 0 Å². The summed E-state index contributed by atoms with van der Waals surface area (Å²) in [5, 5.41) is 12.8. The Hall–Kier alpha value is -0.770. The minimum Gasteiger partial charge on any atom is -0.396 e. The van der Waals surface area contributed by atoms with E-state index in [2.05, 4.69) is 5.32 Å². The number of carbonyl (C=O) groups is 1. The lowest BCUT2D eigenvalue weighted by atomic mass is 10.0. The minimum absolute atomic E-state index is 0.105. The van der Waals surface area contributed by atoms with E-state index in [9.17, 15) is 4.79 Å². The first kappa shape index (κ1) is 16.3. The van der Waals surface area contributed by atoms with Crippen LogP contribution in [0, 0.1) is 5.92 Å². The molecule has 0 aromatic heterocycles. The maximum absolute atomic E-state index is 11.9. The number of aliphatic hydroxyl groups is 1. The third kappa shape index (κ3) is 5.39. The maximum atomic E-state index is 11.9. The number of hydrogen-bond donors (Lipinski definition) is 2. The Labute approximate surface area is 123 Å². The fourth-order valence-corrected chi connectivity index (χ4v) is 2.35. The van der Waals surface area contributed by atoms with Gasteiger partial charge in [-0.25, -0.2) is 0 Å². The van der Waals surface area contributed by atoms with Gasteiger partial charge >= 0.3 is 0 Å². The van der Waals surface area contributed by atoms with Gasteiger partial charge in [0.2, 0.25) is 5.91 Å². The van der Waals surface area contributed by atoms with E-state index in [-0.39, 0.29) is 18.9 Å². The smallest absolute Gasteiger partial charge is 0.224 e. The Morgan fingerprint density at radius 2 is 2.00 bits per heavy atom. The second-order valence-electron chi connectivity index (χ2n) is 4.47. The van der Waals surface area contributed by atoms with E-state index in [1.54, 1.807) is 18.2 Å². The number of amides is 1. The van der Waals surface area contributed by atoms with Gasteiger partial charge in [-0.1, -0.05) is 42.6 Å². The summed E-state index contributed by atoms with van der Waals surface area (Å²) in [7, 11) is 0. The van der Waals surface area contributed by atoms with E-state index in [1.165, 1.54) is 0 Å². The van der Waals surface area contributed by atoms with Gasteiger partial charge in [-0.2, -0.15) is 0 Å². The van der Waals surface area contributed by atoms with Crippen LogP contribution in [0.3, 0.4) is 0 Å². The van der Waals surface area contributed by atoms with Crippen molar-refractivity contribution >= 4 is 29.1 Å². The van der Waals surface area contributed by atoms with Crippen molar-refractivity contribution in [3.63, 3.8) is 0 Å². The third-order valence-corrected chi connectivity index (χ3v) is 3.81. The lowest BCUT2D eigenvalue weighted by Gasteiger charge is -2.14. The Balaban J connectivity index is 2.51. The molecule has 0 bridgehead atoms. The highest BCUT2D eigenvalue weighted by atomic mass is 35.5. The zero-order valence-electron chi connectivity index (χ0n) is 11.0. The molecule has 2 N–H and O–H groups in total. The molecule has 5 heteroatoms. The fourth-order valence-electron chi connectivity index (χ4n) is 1.82. The van der Waals surface area contributed by atoms with Crippen molar-refractivity contribution in [1.82, 2.24) is 5.32 Å². The molecule has 0 aliphatic heterocycles. The van der Waals surface area contributed by atoms with Gasteiger partial charge in [-0.05, 0) is 30.0 Å². The van der Waals surface area contributed by atoms with Crippen molar-refractivity contribution in [2.24, 2.45) is 5.92 Å². The van der Waals surface area contributed by atoms with Crippen molar-refractivity contribution in [3.05, 3.63) is 33.8 Å². The van der Waals surface area contributed by atoms with Gasteiger partial charge < -0.3 is 10.4 Å². The molecule has 0 saturated carbocycles. The zero-order valence-corrected chi connectivity index (χ0v) is 12.5. The third-order valence-electron chi connectivity index (χ3n) is 3.10. The molecule has 106 valence electrons. The van der Waals surface area contributed by atoms with Crippen molar-refractivity contribution < 1.29 is 9.90 Å². The van der Waals surface area contributed by atoms with Crippen molar-refractivity contribution in [1.29, 1.82) is 0 Å². The van der Waals surface area contributed by atoms with Gasteiger partial charge in [0.05, 0.1) is 6.42 Å². The molecular weight excluding hydrogens is 285 g/mol. The van der Waals surface area contributed by atoms with Crippen molar-refractivity contribution in [2.75, 3.05) is 13.2 Å². The highest BCUT2D eigenvalue weighted by molar-refractivity contribution is 6.36. The summed E-state index contributed by atoms with van der Waals surface area (Å²) in [6.45, 7) is 2.75. The number of nitrogens with one attached hydrogen (secondary N) is 1. The molecule has 1 aromatic rings. The van der Waals surface area contributed by atoms with Crippen molar-refractivity contribution in [2.45, 2.75) is 26.2 Å². The zero-order chi connectivity index (χ0) is 14.3. The summed E-state index contributed by atoms with van der Waals surface area (Å²) in [5.41, 5.74) is 0.651. The highest BCUT2D eigenvalue weighted by Crippen LogP contribution is 2.24. The largest absolute Gasteiger partial charge is 0.396 e. The summed E-state index contributed by atoms with van der Waals surface area (Å²) >= 11 is 12.0. The van der Waals surface area contributed by atoms with E-state index in [0.717, 1.165) is 6.42 Å². The molecule has 1 atom stereocenters. The summed E-state index contributed by atoms with van der Waals surface area (Å²) in [6.07, 6.45) is 1.80. The number of benzene rings is 1. The number of halogens is 2. The summed E-state index contributed by atoms with van der Waals surface area (Å²) in [6, 6.07) is 5.19. The molecule has 0 spiro atoms. The van der Waals surface area contributed by atoms with E-state index >= 15 is 0 Å². The van der Waals surface area contributed by atoms with Gasteiger partial charge in [-0.3, -0.25) is 4.79 Å². The average molecular weight is 304 g/mol. The molecule has 1 rings (SSSR count). The van der Waals surface area contributed by atoms with Gasteiger partial charge in [0.25, 0.3) is 0 Å². The summed E-state index contributed by atoms with van der Waals surface area (Å²) in [4.78, 5) is 11.9. The quantitative estimate of drug-likeness (QED) is 0.813. The van der Waals surface area contributed by atoms with Gasteiger partial charge in [0, 0.05) is 23.2 Å². The average Bonchev–Trinajstić information content (AvgIpc) is 2.39. The number of aliphatic hydroxyl groups excluding tert-OH is 1. The second-order valence-corrected chi connectivity index (χ2v) is 5.28. The molecular formula is C14H19Cl2NO2. The second kappa shape index (κ2) is 8.41. The molecule has 3 nitrogen and oxygen atoms in total. The number of rotatable bonds is 7. The first-order valence-corrected chi connectivity index (χ1v) is 7.14. The normalized spacial score (nSPS) is 12.2. The molecule has 0 aliphatic carbocycles. The Morgan fingerprint density at radius 3 is 2.53 bits per heavy atom. The number of carbonyl (C=O) groups excluding carboxylic acids is 1. The van der Waals surface area contributed by atoms with Crippen molar-refractivity contribution in [3.8, 4) is 0 Å². The lowest BCUT2D eigenvalue weighted by Crippen LogP contribution is -2.30. The fraction of sp³-hybridized carbons (Fsp3) is 0.500. The van der Waals surface area contributed by atoms with Crippen LogP contribution in [-0.2, 0) is 11.2 Å². The molecule has 1 aromatic carbocycles. The molecule has 0 radical (unpaired) electrons. The van der Waals surface area contributed by atoms with Gasteiger partial charge in [-0.15, -0.1) is 0 Å². The molecule has 19 heavy (non-hydrogen) atoms. The van der Waals surface area contributed by atoms with Crippen LogP contribution in [-0.4, -0.2) is 24.2 Å². The van der Waals surface area contributed by atoms with Crippen LogP contribution in [0.25, 0.3) is 0 Å². The summed E-state index contributed by atoms with van der Waals surface area (Å²) < 4.78 is 0. The van der Waals surface area contributed by atoms with Crippen LogP contribution in [0.1, 0.15) is 25.3 Å². The van der Waals surface area contributed by atoms with Crippen LogP contribution >= 0.6 is 23.2 Å². The van der Waals surface area contributed by atoms with E-state index < -0.39 is 0 Å². The first-order valence-electron chi connectivity index (χ1n) is 6.38. The minimum atomic E-state index is -0.105. The van der Waals surface area contributed by atoms with Crippen LogP contribution in [0.15, 0.2) is 18.2 Å². The maximum Gasteiger partial charge on any atom is 0.224 e. The predicted molar refractivity (Wildman–Crippen MR) is 78.7 cm³/mol. The monoisotopic (exact) mass is 303 g/mol. The molecule has 1 unspecified atom stereocenters. The van der Waals surface area contributed by atoms with Crippen LogP contribution < -0.4 is 5.32 Å². The van der Waals surface area contributed by atoms with E-state index in [4.69, 9.17) is 28.3 Å². The van der Waals surface area contributed by atoms with E-state index in [0.29, 0.717) is 34.5 Å². The van der Waals surface area contributed by atoms with Crippen LogP contribution in [0.2, 0.25) is 10.0 Å². The molecule has 0 fully saturated rings. The highest BCUT2D eigenvalue weighted by Gasteiger charge is 2.12. The summed E-state index contributed by atoms with van der Waals surface area (Å²) in [5.74, 6) is 0.196. The SMILES string of the molecule is CCC(CCO)CNC(=O)Cc1c(Cl)cccc1Cl. The number of hydrogen-bond acceptors (Lipinski definition) is 2. The topological polar surface area (TPSA) is 49.3 Å². The molecule has 1 amide bonds. The Bertz CT molecular complexity index is 404. The molecule has 0 heterocycles. The standard InChI is InChI=1S/C14H19Cl2NO2/c1-2-10(6-7-18)9-17-14(19)8-11-12(15)4-3-5-13(11)16/h3-5,10,18H,2,6-9H2,1H3,(H,17,19). The first-order chi connectivity index (χ1) is 9.08. The molecule has 0 aliphatic rings. The van der Waals surface area contributed by atoms with Gasteiger partial charge in [0.1, 0.15) is 0 Å². The Kier molecular flexibility index (Phi) is 7.21. The Morgan fingerprint density at radius 1 is 1.37 bits per heavy atom. The van der Waals surface area contributed by atoms with Crippen LogP contribution in [0.4, 0.5) is 0 Å². The van der Waals surface area contributed by atoms with Gasteiger partial charge in [0.15, 0.2) is 0 Å².